The smallest absolute Gasteiger partial charge is 0.178 e. The van der Waals surface area contributed by atoms with E-state index in [4.69, 9.17) is 11.6 Å². The summed E-state index contributed by atoms with van der Waals surface area (Å²) in [6.07, 6.45) is 2.15. The molecule has 1 fully saturated rings. The Hall–Kier alpha value is -0.740. The molecular weight excluding hydrogens is 258 g/mol. The fourth-order valence-corrected chi connectivity index (χ4v) is 2.88. The highest BCUT2D eigenvalue weighted by Gasteiger charge is 2.41. The van der Waals surface area contributed by atoms with Crippen LogP contribution in [0.2, 0.25) is 0 Å². The van der Waals surface area contributed by atoms with E-state index in [0.29, 0.717) is 10.8 Å². The summed E-state index contributed by atoms with van der Waals surface area (Å²) in [4.78, 5) is 0.376. The minimum atomic E-state index is -3.10. The number of sulfone groups is 1. The zero-order valence-corrected chi connectivity index (χ0v) is 11.3. The van der Waals surface area contributed by atoms with E-state index in [2.05, 4.69) is 5.32 Å². The normalized spacial score (nSPS) is 17.8. The van der Waals surface area contributed by atoms with Gasteiger partial charge in [-0.25, -0.2) is 8.42 Å². The molecule has 17 heavy (non-hydrogen) atoms. The van der Waals surface area contributed by atoms with E-state index in [9.17, 15) is 8.42 Å². The van der Waals surface area contributed by atoms with Crippen molar-refractivity contribution in [2.75, 3.05) is 16.9 Å². The highest BCUT2D eigenvalue weighted by atomic mass is 35.5. The molecule has 3 nitrogen and oxygen atoms in total. The van der Waals surface area contributed by atoms with Gasteiger partial charge in [0, 0.05) is 11.6 Å². The number of nitrogens with one attached hydrogen (secondary N) is 1. The summed E-state index contributed by atoms with van der Waals surface area (Å²) in [5.74, 6) is 0.716. The Bertz CT molecular complexity index is 492. The van der Waals surface area contributed by atoms with Crippen LogP contribution >= 0.6 is 11.6 Å². The summed E-state index contributed by atoms with van der Waals surface area (Å²) in [5, 5.41) is 3.35. The second kappa shape index (κ2) is 4.50. The minimum absolute atomic E-state index is 0.0344. The van der Waals surface area contributed by atoms with Crippen LogP contribution in [0.5, 0.6) is 0 Å². The van der Waals surface area contributed by atoms with Crippen molar-refractivity contribution in [2.45, 2.75) is 30.2 Å². The molecule has 1 aliphatic rings. The molecule has 0 heterocycles. The summed E-state index contributed by atoms with van der Waals surface area (Å²) in [6.45, 7) is 1.65. The molecule has 0 amide bonds. The van der Waals surface area contributed by atoms with Crippen LogP contribution in [0, 0.1) is 0 Å². The number of anilines is 1. The quantitative estimate of drug-likeness (QED) is 0.839. The second-order valence-corrected chi connectivity index (χ2v) is 7.01. The Morgan fingerprint density at radius 3 is 2.29 bits per heavy atom. The third-order valence-electron chi connectivity index (χ3n) is 3.11. The van der Waals surface area contributed by atoms with Crippen LogP contribution in [0.4, 0.5) is 5.69 Å². The van der Waals surface area contributed by atoms with E-state index in [-0.39, 0.29) is 11.3 Å². The standard InChI is InChI=1S/C12H16ClNO2S/c1-2-17(15,16)11-5-3-10(4-6-11)14-12(9-13)7-8-12/h3-6,14H,2,7-9H2,1H3. The molecule has 1 N–H and O–H groups in total. The third kappa shape index (κ3) is 2.75. The molecule has 0 aliphatic heterocycles. The van der Waals surface area contributed by atoms with Crippen LogP contribution in [0.15, 0.2) is 29.2 Å². The van der Waals surface area contributed by atoms with Gasteiger partial charge in [0.15, 0.2) is 9.84 Å². The van der Waals surface area contributed by atoms with Crippen LogP contribution in [0.1, 0.15) is 19.8 Å². The number of rotatable bonds is 5. The molecule has 0 radical (unpaired) electrons. The molecule has 0 atom stereocenters. The third-order valence-corrected chi connectivity index (χ3v) is 5.37. The molecule has 2 rings (SSSR count). The monoisotopic (exact) mass is 273 g/mol. The van der Waals surface area contributed by atoms with Gasteiger partial charge in [0.1, 0.15) is 0 Å². The molecule has 0 spiro atoms. The van der Waals surface area contributed by atoms with E-state index < -0.39 is 9.84 Å². The highest BCUT2D eigenvalue weighted by molar-refractivity contribution is 7.91. The largest absolute Gasteiger partial charge is 0.378 e. The number of alkyl halides is 1. The number of halogens is 1. The predicted molar refractivity (Wildman–Crippen MR) is 70.5 cm³/mol. The summed E-state index contributed by atoms with van der Waals surface area (Å²) in [7, 11) is -3.10. The van der Waals surface area contributed by atoms with Crippen molar-refractivity contribution in [3.63, 3.8) is 0 Å². The van der Waals surface area contributed by atoms with Gasteiger partial charge in [-0.1, -0.05) is 6.92 Å². The lowest BCUT2D eigenvalue weighted by Crippen LogP contribution is -2.22. The zero-order valence-electron chi connectivity index (χ0n) is 9.74. The average molecular weight is 274 g/mol. The molecule has 0 saturated heterocycles. The molecular formula is C12H16ClNO2S. The number of hydrogen-bond acceptors (Lipinski definition) is 3. The Balaban J connectivity index is 2.14. The van der Waals surface area contributed by atoms with E-state index in [1.165, 1.54) is 0 Å². The molecule has 0 bridgehead atoms. The van der Waals surface area contributed by atoms with Gasteiger partial charge in [-0.15, -0.1) is 11.6 Å². The maximum Gasteiger partial charge on any atom is 0.178 e. The Kier molecular flexibility index (Phi) is 3.36. The molecule has 1 aromatic carbocycles. The topological polar surface area (TPSA) is 46.2 Å². The van der Waals surface area contributed by atoms with Crippen molar-refractivity contribution >= 4 is 27.1 Å². The second-order valence-electron chi connectivity index (χ2n) is 4.47. The number of benzene rings is 1. The lowest BCUT2D eigenvalue weighted by atomic mass is 10.2. The average Bonchev–Trinajstić information content (AvgIpc) is 3.10. The summed E-state index contributed by atoms with van der Waals surface area (Å²) >= 11 is 5.87. The van der Waals surface area contributed by atoms with Gasteiger partial charge in [-0.05, 0) is 37.1 Å². The molecule has 5 heteroatoms. The molecule has 1 aliphatic carbocycles. The highest BCUT2D eigenvalue weighted by Crippen LogP contribution is 2.39. The zero-order chi connectivity index (χ0) is 12.5. The molecule has 94 valence electrons. The molecule has 0 unspecified atom stereocenters. The molecule has 1 aromatic rings. The first-order valence-corrected chi connectivity index (χ1v) is 7.87. The molecule has 0 aromatic heterocycles. The van der Waals surface area contributed by atoms with Crippen LogP contribution in [0.3, 0.4) is 0 Å². The first-order chi connectivity index (χ1) is 8.01. The van der Waals surface area contributed by atoms with Crippen molar-refractivity contribution in [3.05, 3.63) is 24.3 Å². The van der Waals surface area contributed by atoms with Crippen molar-refractivity contribution < 1.29 is 8.42 Å². The number of hydrogen-bond donors (Lipinski definition) is 1. The van der Waals surface area contributed by atoms with Gasteiger partial charge in [0.2, 0.25) is 0 Å². The fourth-order valence-electron chi connectivity index (χ4n) is 1.66. The van der Waals surface area contributed by atoms with Gasteiger partial charge in [-0.3, -0.25) is 0 Å². The summed E-state index contributed by atoms with van der Waals surface area (Å²) in [5.41, 5.74) is 0.963. The van der Waals surface area contributed by atoms with E-state index in [0.717, 1.165) is 18.5 Å². The first kappa shape index (κ1) is 12.7. The van der Waals surface area contributed by atoms with E-state index >= 15 is 0 Å². The van der Waals surface area contributed by atoms with Gasteiger partial charge in [0.05, 0.1) is 16.2 Å². The van der Waals surface area contributed by atoms with Gasteiger partial charge in [-0.2, -0.15) is 0 Å². The van der Waals surface area contributed by atoms with Crippen LogP contribution < -0.4 is 5.32 Å². The van der Waals surface area contributed by atoms with E-state index in [1.807, 2.05) is 0 Å². The van der Waals surface area contributed by atoms with E-state index in [1.54, 1.807) is 31.2 Å². The van der Waals surface area contributed by atoms with Crippen molar-refractivity contribution in [3.8, 4) is 0 Å². The van der Waals surface area contributed by atoms with Crippen molar-refractivity contribution in [2.24, 2.45) is 0 Å². The van der Waals surface area contributed by atoms with Gasteiger partial charge >= 0.3 is 0 Å². The lowest BCUT2D eigenvalue weighted by Gasteiger charge is -2.15. The Morgan fingerprint density at radius 2 is 1.88 bits per heavy atom. The predicted octanol–water partition coefficient (Wildman–Crippen LogP) is 2.66. The fraction of sp³-hybridized carbons (Fsp3) is 0.500. The van der Waals surface area contributed by atoms with Gasteiger partial charge in [0.25, 0.3) is 0 Å². The Labute approximate surface area is 107 Å². The molecule has 1 saturated carbocycles. The van der Waals surface area contributed by atoms with Crippen molar-refractivity contribution in [1.29, 1.82) is 0 Å². The first-order valence-electron chi connectivity index (χ1n) is 5.68. The minimum Gasteiger partial charge on any atom is -0.378 e. The van der Waals surface area contributed by atoms with Gasteiger partial charge < -0.3 is 5.32 Å². The van der Waals surface area contributed by atoms with Crippen LogP contribution in [-0.4, -0.2) is 25.6 Å². The lowest BCUT2D eigenvalue weighted by molar-refractivity contribution is 0.597. The van der Waals surface area contributed by atoms with Crippen LogP contribution in [0.25, 0.3) is 0 Å². The summed E-state index contributed by atoms with van der Waals surface area (Å²) < 4.78 is 23.2. The van der Waals surface area contributed by atoms with Crippen molar-refractivity contribution in [1.82, 2.24) is 0 Å². The Morgan fingerprint density at radius 1 is 1.29 bits per heavy atom. The van der Waals surface area contributed by atoms with Crippen LogP contribution in [-0.2, 0) is 9.84 Å². The maximum atomic E-state index is 11.6. The summed E-state index contributed by atoms with van der Waals surface area (Å²) in [6, 6.07) is 6.89. The SMILES string of the molecule is CCS(=O)(=O)c1ccc(NC2(CCl)CC2)cc1. The maximum absolute atomic E-state index is 11.6.